The topological polar surface area (TPSA) is 90.7 Å². The number of carbonyl (C=O) groups is 2. The molecule has 1 aliphatic heterocycles. The minimum atomic E-state index is -0.399. The fourth-order valence-corrected chi connectivity index (χ4v) is 3.82. The van der Waals surface area contributed by atoms with Gasteiger partial charge in [0.2, 0.25) is 11.8 Å². The normalized spacial score (nSPS) is 14.1. The second-order valence-corrected chi connectivity index (χ2v) is 8.11. The van der Waals surface area contributed by atoms with Crippen molar-refractivity contribution in [1.82, 2.24) is 20.7 Å². The molecule has 1 aromatic heterocycles. The molecule has 0 radical (unpaired) electrons. The summed E-state index contributed by atoms with van der Waals surface area (Å²) >= 11 is 0. The number of anilines is 1. The van der Waals surface area contributed by atoms with Crippen LogP contribution < -0.4 is 15.8 Å². The van der Waals surface area contributed by atoms with Crippen molar-refractivity contribution in [3.8, 4) is 11.3 Å². The molecule has 1 saturated heterocycles. The summed E-state index contributed by atoms with van der Waals surface area (Å²) in [6.07, 6.45) is 2.06. The summed E-state index contributed by atoms with van der Waals surface area (Å²) in [6, 6.07) is 16.6. The van der Waals surface area contributed by atoms with E-state index in [0.29, 0.717) is 30.2 Å². The number of rotatable bonds is 8. The molecular formula is C25H28FN5O3. The summed E-state index contributed by atoms with van der Waals surface area (Å²) in [4.78, 5) is 32.9. The van der Waals surface area contributed by atoms with E-state index in [1.54, 1.807) is 18.2 Å². The van der Waals surface area contributed by atoms with Gasteiger partial charge >= 0.3 is 0 Å². The quantitative estimate of drug-likeness (QED) is 0.497. The Balaban J connectivity index is 1.11. The standard InChI is InChI=1S/C25H28FN5O3/c26-21-9-5-4-8-20(21)22-18-27-25(34-22)11-10-23(32)28-29-24(33)12-13-30-14-16-31(17-15-30)19-6-2-1-3-7-19/h1-9,18H,10-17H2,(H,28,32)(H,29,33). The lowest BCUT2D eigenvalue weighted by molar-refractivity contribution is -0.129. The lowest BCUT2D eigenvalue weighted by Gasteiger charge is -2.36. The smallest absolute Gasteiger partial charge is 0.239 e. The van der Waals surface area contributed by atoms with Gasteiger partial charge in [0.25, 0.3) is 0 Å². The molecule has 2 aromatic carbocycles. The second-order valence-electron chi connectivity index (χ2n) is 8.11. The first-order valence-electron chi connectivity index (χ1n) is 11.4. The molecule has 8 nitrogen and oxygen atoms in total. The third-order valence-corrected chi connectivity index (χ3v) is 5.75. The molecule has 0 bridgehead atoms. The third kappa shape index (κ3) is 6.41. The Hall–Kier alpha value is -3.72. The lowest BCUT2D eigenvalue weighted by Crippen LogP contribution is -2.48. The fourth-order valence-electron chi connectivity index (χ4n) is 3.82. The van der Waals surface area contributed by atoms with Gasteiger partial charge in [-0.2, -0.15) is 0 Å². The van der Waals surface area contributed by atoms with Crippen molar-refractivity contribution in [2.45, 2.75) is 19.3 Å². The van der Waals surface area contributed by atoms with E-state index in [4.69, 9.17) is 4.42 Å². The van der Waals surface area contributed by atoms with Gasteiger partial charge in [-0.1, -0.05) is 30.3 Å². The van der Waals surface area contributed by atoms with E-state index in [0.717, 1.165) is 26.2 Å². The highest BCUT2D eigenvalue weighted by molar-refractivity contribution is 5.82. The predicted molar refractivity (Wildman–Crippen MR) is 126 cm³/mol. The Morgan fingerprint density at radius 1 is 0.912 bits per heavy atom. The van der Waals surface area contributed by atoms with Crippen LogP contribution in [0, 0.1) is 5.82 Å². The predicted octanol–water partition coefficient (Wildman–Crippen LogP) is 2.77. The zero-order valence-corrected chi connectivity index (χ0v) is 18.9. The Bertz CT molecular complexity index is 1100. The number of nitrogens with zero attached hydrogens (tertiary/aromatic N) is 3. The summed E-state index contributed by atoms with van der Waals surface area (Å²) in [7, 11) is 0. The zero-order valence-electron chi connectivity index (χ0n) is 18.9. The van der Waals surface area contributed by atoms with Gasteiger partial charge in [-0.15, -0.1) is 0 Å². The van der Waals surface area contributed by atoms with Crippen molar-refractivity contribution in [3.63, 3.8) is 0 Å². The first kappa shape index (κ1) is 23.4. The molecule has 1 aliphatic rings. The van der Waals surface area contributed by atoms with Gasteiger partial charge in [-0.25, -0.2) is 9.37 Å². The summed E-state index contributed by atoms with van der Waals surface area (Å²) in [5, 5.41) is 0. The highest BCUT2D eigenvalue weighted by Crippen LogP contribution is 2.23. The Labute approximate surface area is 197 Å². The highest BCUT2D eigenvalue weighted by Gasteiger charge is 2.18. The molecule has 9 heteroatoms. The number of aromatic nitrogens is 1. The first-order valence-corrected chi connectivity index (χ1v) is 11.4. The lowest BCUT2D eigenvalue weighted by atomic mass is 10.2. The SMILES string of the molecule is O=C(CCc1ncc(-c2ccccc2F)o1)NNC(=O)CCN1CCN(c2ccccc2)CC1. The maximum atomic E-state index is 13.8. The molecule has 34 heavy (non-hydrogen) atoms. The number of carbonyl (C=O) groups excluding carboxylic acids is 2. The maximum absolute atomic E-state index is 13.8. The number of hydrogen-bond acceptors (Lipinski definition) is 6. The number of oxazole rings is 1. The molecule has 0 atom stereocenters. The van der Waals surface area contributed by atoms with Crippen LogP contribution in [0.3, 0.4) is 0 Å². The molecule has 0 saturated carbocycles. The van der Waals surface area contributed by atoms with Crippen molar-refractivity contribution in [2.75, 3.05) is 37.6 Å². The number of halogens is 1. The number of piperazine rings is 1. The van der Waals surface area contributed by atoms with Gasteiger partial charge in [-0.05, 0) is 24.3 Å². The first-order chi connectivity index (χ1) is 16.6. The van der Waals surface area contributed by atoms with Crippen LogP contribution in [0.4, 0.5) is 10.1 Å². The summed E-state index contributed by atoms with van der Waals surface area (Å²) in [5.41, 5.74) is 6.41. The largest absolute Gasteiger partial charge is 0.441 e. The number of amides is 2. The Kier molecular flexibility index (Phi) is 7.87. The van der Waals surface area contributed by atoms with Crippen LogP contribution in [0.25, 0.3) is 11.3 Å². The molecule has 3 aromatic rings. The van der Waals surface area contributed by atoms with Crippen LogP contribution in [0.5, 0.6) is 0 Å². The molecule has 2 amide bonds. The highest BCUT2D eigenvalue weighted by atomic mass is 19.1. The van der Waals surface area contributed by atoms with Crippen LogP contribution >= 0.6 is 0 Å². The summed E-state index contributed by atoms with van der Waals surface area (Å²) in [5.74, 6) is -0.350. The van der Waals surface area contributed by atoms with E-state index < -0.39 is 5.82 Å². The van der Waals surface area contributed by atoms with Gasteiger partial charge < -0.3 is 9.32 Å². The molecule has 0 aliphatic carbocycles. The number of hydrogen-bond donors (Lipinski definition) is 2. The second kappa shape index (κ2) is 11.4. The molecule has 2 heterocycles. The van der Waals surface area contributed by atoms with Gasteiger partial charge in [0.05, 0.1) is 11.8 Å². The van der Waals surface area contributed by atoms with Crippen molar-refractivity contribution >= 4 is 17.5 Å². The van der Waals surface area contributed by atoms with E-state index >= 15 is 0 Å². The van der Waals surface area contributed by atoms with Crippen molar-refractivity contribution < 1.29 is 18.4 Å². The Morgan fingerprint density at radius 2 is 1.59 bits per heavy atom. The molecule has 2 N–H and O–H groups in total. The van der Waals surface area contributed by atoms with E-state index in [2.05, 4.69) is 37.8 Å². The van der Waals surface area contributed by atoms with E-state index in [1.165, 1.54) is 18.0 Å². The average molecular weight is 466 g/mol. The number of benzene rings is 2. The summed E-state index contributed by atoms with van der Waals surface area (Å²) in [6.45, 7) is 4.25. The van der Waals surface area contributed by atoms with Gasteiger partial charge in [0.15, 0.2) is 11.7 Å². The van der Waals surface area contributed by atoms with E-state index in [1.807, 2.05) is 18.2 Å². The number of aryl methyl sites for hydroxylation is 1. The number of para-hydroxylation sites is 1. The fraction of sp³-hybridized carbons (Fsp3) is 0.320. The number of hydrazine groups is 1. The maximum Gasteiger partial charge on any atom is 0.239 e. The monoisotopic (exact) mass is 465 g/mol. The molecule has 1 fully saturated rings. The van der Waals surface area contributed by atoms with E-state index in [9.17, 15) is 14.0 Å². The van der Waals surface area contributed by atoms with Crippen LogP contribution in [0.2, 0.25) is 0 Å². The van der Waals surface area contributed by atoms with Gasteiger partial charge in [0.1, 0.15) is 5.82 Å². The van der Waals surface area contributed by atoms with Crippen LogP contribution in [-0.4, -0.2) is 54.4 Å². The van der Waals surface area contributed by atoms with Crippen LogP contribution in [0.15, 0.2) is 65.2 Å². The van der Waals surface area contributed by atoms with Crippen molar-refractivity contribution in [2.24, 2.45) is 0 Å². The molecule has 4 rings (SSSR count). The Morgan fingerprint density at radius 3 is 2.32 bits per heavy atom. The third-order valence-electron chi connectivity index (χ3n) is 5.75. The minimum Gasteiger partial charge on any atom is -0.441 e. The zero-order chi connectivity index (χ0) is 23.8. The van der Waals surface area contributed by atoms with Crippen molar-refractivity contribution in [1.29, 1.82) is 0 Å². The van der Waals surface area contributed by atoms with E-state index in [-0.39, 0.29) is 24.7 Å². The molecule has 0 unspecified atom stereocenters. The average Bonchev–Trinajstić information content (AvgIpc) is 3.35. The van der Waals surface area contributed by atoms with Gasteiger partial charge in [-0.3, -0.25) is 25.3 Å². The molecule has 0 spiro atoms. The molecular weight excluding hydrogens is 437 g/mol. The van der Waals surface area contributed by atoms with Crippen LogP contribution in [-0.2, 0) is 16.0 Å². The minimum absolute atomic E-state index is 0.0823. The van der Waals surface area contributed by atoms with Crippen LogP contribution in [0.1, 0.15) is 18.7 Å². The van der Waals surface area contributed by atoms with Gasteiger partial charge in [0, 0.05) is 57.7 Å². The number of nitrogens with one attached hydrogen (secondary N) is 2. The molecule has 178 valence electrons. The van der Waals surface area contributed by atoms with Crippen molar-refractivity contribution in [3.05, 3.63) is 72.5 Å². The summed E-state index contributed by atoms with van der Waals surface area (Å²) < 4.78 is 19.4.